The summed E-state index contributed by atoms with van der Waals surface area (Å²) in [6, 6.07) is 16.1. The normalized spacial score (nSPS) is 16.5. The fraction of sp³-hybridized carbons (Fsp3) is 0.208. The predicted molar refractivity (Wildman–Crippen MR) is 117 cm³/mol. The number of carbonyl (C=O) groups is 2. The Balaban J connectivity index is 1.64. The van der Waals surface area contributed by atoms with E-state index in [1.165, 1.54) is 0 Å². The molecule has 2 heterocycles. The lowest BCUT2D eigenvalue weighted by Crippen LogP contribution is -2.21. The largest absolute Gasteiger partial charge is 0.479 e. The second kappa shape index (κ2) is 8.97. The summed E-state index contributed by atoms with van der Waals surface area (Å²) in [5.74, 6) is -0.0233. The summed E-state index contributed by atoms with van der Waals surface area (Å²) < 4.78 is 10.8. The van der Waals surface area contributed by atoms with Crippen molar-refractivity contribution in [3.8, 4) is 16.9 Å². The van der Waals surface area contributed by atoms with Gasteiger partial charge >= 0.3 is 5.97 Å². The fourth-order valence-corrected chi connectivity index (χ4v) is 3.47. The summed E-state index contributed by atoms with van der Waals surface area (Å²) in [7, 11) is 0. The molecule has 0 aliphatic carbocycles. The first kappa shape index (κ1) is 20.6. The van der Waals surface area contributed by atoms with Crippen molar-refractivity contribution in [2.75, 3.05) is 11.9 Å². The second-order valence-electron chi connectivity index (χ2n) is 7.37. The number of benzene rings is 2. The molecule has 3 N–H and O–H groups in total. The molecule has 1 aliphatic heterocycles. The van der Waals surface area contributed by atoms with Crippen molar-refractivity contribution in [3.63, 3.8) is 0 Å². The highest BCUT2D eigenvalue weighted by Gasteiger charge is 2.28. The summed E-state index contributed by atoms with van der Waals surface area (Å²) in [5, 5.41) is 2.86. The van der Waals surface area contributed by atoms with Gasteiger partial charge in [-0.3, -0.25) is 9.78 Å². The molecule has 0 radical (unpaired) electrons. The van der Waals surface area contributed by atoms with Crippen LogP contribution < -0.4 is 15.8 Å². The van der Waals surface area contributed by atoms with Gasteiger partial charge in [0, 0.05) is 36.1 Å². The van der Waals surface area contributed by atoms with Crippen molar-refractivity contribution in [3.05, 3.63) is 78.1 Å². The van der Waals surface area contributed by atoms with Gasteiger partial charge in [0.05, 0.1) is 6.61 Å². The number of nitrogens with zero attached hydrogens (tertiary/aromatic N) is 1. The molecule has 2 atom stereocenters. The molecule has 7 nitrogen and oxygen atoms in total. The molecule has 0 spiro atoms. The quantitative estimate of drug-likeness (QED) is 0.593. The van der Waals surface area contributed by atoms with Crippen molar-refractivity contribution >= 4 is 17.6 Å². The van der Waals surface area contributed by atoms with Gasteiger partial charge in [-0.25, -0.2) is 4.79 Å². The number of nitrogens with one attached hydrogen (secondary N) is 1. The maximum Gasteiger partial charge on any atom is 0.347 e. The highest BCUT2D eigenvalue weighted by molar-refractivity contribution is 6.05. The van der Waals surface area contributed by atoms with Crippen LogP contribution in [0.25, 0.3) is 11.1 Å². The molecule has 2 unspecified atom stereocenters. The third-order valence-electron chi connectivity index (χ3n) is 5.05. The lowest BCUT2D eigenvalue weighted by atomic mass is 9.93. The molecule has 1 fully saturated rings. The van der Waals surface area contributed by atoms with Crippen LogP contribution in [0.3, 0.4) is 0 Å². The van der Waals surface area contributed by atoms with Gasteiger partial charge in [-0.2, -0.15) is 0 Å². The number of nitrogens with two attached hydrogens (primary N) is 1. The Morgan fingerprint density at radius 2 is 2.00 bits per heavy atom. The summed E-state index contributed by atoms with van der Waals surface area (Å²) >= 11 is 0. The van der Waals surface area contributed by atoms with Gasteiger partial charge in [0.2, 0.25) is 0 Å². The summed E-state index contributed by atoms with van der Waals surface area (Å²) in [5.41, 5.74) is 9.93. The van der Waals surface area contributed by atoms with Crippen LogP contribution in [-0.4, -0.2) is 29.6 Å². The van der Waals surface area contributed by atoms with Crippen LogP contribution in [0.5, 0.6) is 5.75 Å². The number of anilines is 1. The van der Waals surface area contributed by atoms with E-state index in [2.05, 4.69) is 10.3 Å². The Kier molecular flexibility index (Phi) is 5.95. The lowest BCUT2D eigenvalue weighted by molar-refractivity contribution is -0.143. The number of amides is 1. The number of esters is 1. The molecule has 2 aromatic carbocycles. The molecule has 31 heavy (non-hydrogen) atoms. The SMILES string of the molecule is CC(N)c1ccc(C(=O)Nc2ccncc2)cc1-c1cccc(OC2CCOC2=O)c1. The van der Waals surface area contributed by atoms with Crippen LogP contribution in [0.4, 0.5) is 5.69 Å². The van der Waals surface area contributed by atoms with E-state index in [0.717, 1.165) is 16.7 Å². The van der Waals surface area contributed by atoms with Crippen molar-refractivity contribution in [1.29, 1.82) is 0 Å². The Morgan fingerprint density at radius 3 is 2.71 bits per heavy atom. The number of cyclic esters (lactones) is 1. The highest BCUT2D eigenvalue weighted by Crippen LogP contribution is 2.32. The predicted octanol–water partition coefficient (Wildman–Crippen LogP) is 3.71. The Bertz CT molecular complexity index is 1100. The first-order chi connectivity index (χ1) is 15.0. The summed E-state index contributed by atoms with van der Waals surface area (Å²) in [6.07, 6.45) is 3.16. The average molecular weight is 417 g/mol. The maximum absolute atomic E-state index is 12.8. The second-order valence-corrected chi connectivity index (χ2v) is 7.37. The van der Waals surface area contributed by atoms with Gasteiger partial charge < -0.3 is 20.5 Å². The number of ether oxygens (including phenoxy) is 2. The highest BCUT2D eigenvalue weighted by atomic mass is 16.6. The number of rotatable bonds is 6. The number of carbonyl (C=O) groups excluding carboxylic acids is 2. The third-order valence-corrected chi connectivity index (χ3v) is 5.05. The lowest BCUT2D eigenvalue weighted by Gasteiger charge is -2.16. The molecule has 158 valence electrons. The van der Waals surface area contributed by atoms with Gasteiger partial charge in [-0.1, -0.05) is 18.2 Å². The van der Waals surface area contributed by atoms with E-state index in [0.29, 0.717) is 30.0 Å². The Morgan fingerprint density at radius 1 is 1.19 bits per heavy atom. The van der Waals surface area contributed by atoms with Gasteiger partial charge in [0.15, 0.2) is 6.10 Å². The van der Waals surface area contributed by atoms with E-state index < -0.39 is 6.10 Å². The molecule has 1 aromatic heterocycles. The number of pyridine rings is 1. The van der Waals surface area contributed by atoms with Crippen LogP contribution in [0, 0.1) is 0 Å². The number of hydrogen-bond acceptors (Lipinski definition) is 6. The minimum absolute atomic E-state index is 0.232. The minimum Gasteiger partial charge on any atom is -0.479 e. The van der Waals surface area contributed by atoms with E-state index in [1.54, 1.807) is 36.7 Å². The van der Waals surface area contributed by atoms with Crippen molar-refractivity contribution in [1.82, 2.24) is 4.98 Å². The maximum atomic E-state index is 12.8. The minimum atomic E-state index is -0.597. The smallest absolute Gasteiger partial charge is 0.347 e. The first-order valence-electron chi connectivity index (χ1n) is 10.1. The summed E-state index contributed by atoms with van der Waals surface area (Å²) in [4.78, 5) is 28.5. The van der Waals surface area contributed by atoms with Crippen LogP contribution in [0.2, 0.25) is 0 Å². The van der Waals surface area contributed by atoms with Crippen LogP contribution >= 0.6 is 0 Å². The van der Waals surface area contributed by atoms with Gasteiger partial charge in [0.1, 0.15) is 5.75 Å². The number of aromatic nitrogens is 1. The molecule has 1 amide bonds. The molecular weight excluding hydrogens is 394 g/mol. The molecule has 0 saturated carbocycles. The fourth-order valence-electron chi connectivity index (χ4n) is 3.47. The van der Waals surface area contributed by atoms with E-state index in [4.69, 9.17) is 15.2 Å². The number of hydrogen-bond donors (Lipinski definition) is 2. The zero-order valence-electron chi connectivity index (χ0n) is 17.1. The standard InChI is InChI=1S/C24H23N3O4/c1-15(25)20-6-5-17(23(28)27-18-7-10-26-11-8-18)14-21(20)16-3-2-4-19(13-16)31-22-9-12-30-24(22)29/h2-8,10-11,13-15,22H,9,12,25H2,1H3,(H,26,27,28). The van der Waals surface area contributed by atoms with Crippen molar-refractivity contribution in [2.24, 2.45) is 5.73 Å². The van der Waals surface area contributed by atoms with Crippen LogP contribution in [-0.2, 0) is 9.53 Å². The monoisotopic (exact) mass is 417 g/mol. The van der Waals surface area contributed by atoms with Gasteiger partial charge in [-0.15, -0.1) is 0 Å². The zero-order valence-corrected chi connectivity index (χ0v) is 17.1. The molecule has 4 rings (SSSR count). The van der Waals surface area contributed by atoms with E-state index in [-0.39, 0.29) is 17.9 Å². The third kappa shape index (κ3) is 4.73. The molecule has 3 aromatic rings. The van der Waals surface area contributed by atoms with Gasteiger partial charge in [0.25, 0.3) is 5.91 Å². The molecule has 1 saturated heterocycles. The molecule has 0 bridgehead atoms. The Hall–Kier alpha value is -3.71. The molecular formula is C24H23N3O4. The van der Waals surface area contributed by atoms with Crippen LogP contribution in [0.15, 0.2) is 67.0 Å². The van der Waals surface area contributed by atoms with E-state index in [9.17, 15) is 9.59 Å². The first-order valence-corrected chi connectivity index (χ1v) is 10.1. The Labute approximate surface area is 180 Å². The molecule has 7 heteroatoms. The van der Waals surface area contributed by atoms with Crippen molar-refractivity contribution in [2.45, 2.75) is 25.5 Å². The summed E-state index contributed by atoms with van der Waals surface area (Å²) in [6.45, 7) is 2.26. The van der Waals surface area contributed by atoms with Crippen molar-refractivity contribution < 1.29 is 19.1 Å². The van der Waals surface area contributed by atoms with Crippen LogP contribution in [0.1, 0.15) is 35.3 Å². The van der Waals surface area contributed by atoms with Gasteiger partial charge in [-0.05, 0) is 60.0 Å². The zero-order chi connectivity index (χ0) is 21.8. The average Bonchev–Trinajstić information content (AvgIpc) is 3.18. The van der Waals surface area contributed by atoms with E-state index >= 15 is 0 Å². The molecule has 1 aliphatic rings. The topological polar surface area (TPSA) is 104 Å². The van der Waals surface area contributed by atoms with E-state index in [1.807, 2.05) is 37.3 Å².